The molecular weight excluding hydrogens is 232 g/mol. The van der Waals surface area contributed by atoms with Crippen molar-refractivity contribution in [3.05, 3.63) is 0 Å². The third-order valence-electron chi connectivity index (χ3n) is 3.01. The van der Waals surface area contributed by atoms with Crippen LogP contribution >= 0.6 is 0 Å². The summed E-state index contributed by atoms with van der Waals surface area (Å²) in [5.74, 6) is -2.80. The smallest absolute Gasteiger partial charge is 0.310 e. The van der Waals surface area contributed by atoms with Gasteiger partial charge in [0.05, 0.1) is 18.4 Å². The van der Waals surface area contributed by atoms with Gasteiger partial charge < -0.3 is 9.84 Å². The minimum atomic E-state index is -0.949. The third-order valence-corrected chi connectivity index (χ3v) is 3.01. The van der Waals surface area contributed by atoms with E-state index in [-0.39, 0.29) is 6.61 Å². The SMILES string of the molecule is CCOC(=O)C(C(C(=O)O)C(C)(C)C)C(C)(C)C. The zero-order chi connectivity index (χ0) is 14.7. The molecule has 4 heteroatoms. The van der Waals surface area contributed by atoms with E-state index in [1.54, 1.807) is 6.92 Å². The topological polar surface area (TPSA) is 63.6 Å². The van der Waals surface area contributed by atoms with Crippen molar-refractivity contribution in [1.29, 1.82) is 0 Å². The average molecular weight is 258 g/mol. The van der Waals surface area contributed by atoms with Crippen LogP contribution in [0.25, 0.3) is 0 Å². The molecule has 0 amide bonds. The molecule has 1 N–H and O–H groups in total. The number of carboxylic acid groups (broad SMARTS) is 1. The Morgan fingerprint density at radius 1 is 1.00 bits per heavy atom. The van der Waals surface area contributed by atoms with Crippen molar-refractivity contribution in [3.8, 4) is 0 Å². The Morgan fingerprint density at radius 2 is 1.39 bits per heavy atom. The van der Waals surface area contributed by atoms with Gasteiger partial charge in [-0.05, 0) is 17.8 Å². The molecule has 0 spiro atoms. The average Bonchev–Trinajstić information content (AvgIpc) is 2.09. The number of carbonyl (C=O) groups is 2. The minimum Gasteiger partial charge on any atom is -0.481 e. The van der Waals surface area contributed by atoms with Gasteiger partial charge in [0.25, 0.3) is 0 Å². The summed E-state index contributed by atoms with van der Waals surface area (Å²) in [4.78, 5) is 23.6. The maximum Gasteiger partial charge on any atom is 0.310 e. The van der Waals surface area contributed by atoms with E-state index < -0.39 is 34.6 Å². The van der Waals surface area contributed by atoms with Crippen molar-refractivity contribution in [2.75, 3.05) is 6.61 Å². The highest BCUT2D eigenvalue weighted by Crippen LogP contribution is 2.42. The van der Waals surface area contributed by atoms with Gasteiger partial charge in [0.15, 0.2) is 0 Å². The van der Waals surface area contributed by atoms with Crippen LogP contribution in [-0.4, -0.2) is 23.7 Å². The lowest BCUT2D eigenvalue weighted by Crippen LogP contribution is -2.45. The predicted molar refractivity (Wildman–Crippen MR) is 70.2 cm³/mol. The molecule has 0 aromatic heterocycles. The van der Waals surface area contributed by atoms with Gasteiger partial charge in [-0.2, -0.15) is 0 Å². The van der Waals surface area contributed by atoms with Crippen LogP contribution in [0.2, 0.25) is 0 Å². The van der Waals surface area contributed by atoms with Crippen LogP contribution in [0.4, 0.5) is 0 Å². The van der Waals surface area contributed by atoms with Crippen molar-refractivity contribution in [1.82, 2.24) is 0 Å². The maximum atomic E-state index is 12.1. The Labute approximate surface area is 110 Å². The molecule has 0 fully saturated rings. The minimum absolute atomic E-state index is 0.266. The lowest BCUT2D eigenvalue weighted by molar-refractivity contribution is -0.167. The normalized spacial score (nSPS) is 15.9. The van der Waals surface area contributed by atoms with Gasteiger partial charge in [-0.1, -0.05) is 41.5 Å². The Bertz CT molecular complexity index is 307. The quantitative estimate of drug-likeness (QED) is 0.787. The molecule has 0 rings (SSSR count). The number of carbonyl (C=O) groups excluding carboxylic acids is 1. The maximum absolute atomic E-state index is 12.1. The second kappa shape index (κ2) is 5.72. The van der Waals surface area contributed by atoms with Gasteiger partial charge in [-0.3, -0.25) is 9.59 Å². The molecule has 0 aliphatic rings. The Balaban J connectivity index is 5.54. The summed E-state index contributed by atoms with van der Waals surface area (Å²) < 4.78 is 5.05. The van der Waals surface area contributed by atoms with Crippen LogP contribution in [0, 0.1) is 22.7 Å². The number of rotatable bonds is 4. The molecule has 0 saturated heterocycles. The number of hydrogen-bond donors (Lipinski definition) is 1. The highest BCUT2D eigenvalue weighted by Gasteiger charge is 2.48. The van der Waals surface area contributed by atoms with Gasteiger partial charge >= 0.3 is 11.9 Å². The van der Waals surface area contributed by atoms with E-state index in [0.29, 0.717) is 0 Å². The summed E-state index contributed by atoms with van der Waals surface area (Å²) >= 11 is 0. The number of carboxylic acids is 1. The van der Waals surface area contributed by atoms with Gasteiger partial charge in [-0.15, -0.1) is 0 Å². The second-order valence-electron chi connectivity index (χ2n) is 6.78. The first-order valence-corrected chi connectivity index (χ1v) is 6.32. The molecule has 0 aromatic rings. The van der Waals surface area contributed by atoms with E-state index >= 15 is 0 Å². The van der Waals surface area contributed by atoms with E-state index in [1.165, 1.54) is 0 Å². The molecule has 4 nitrogen and oxygen atoms in total. The molecule has 18 heavy (non-hydrogen) atoms. The zero-order valence-electron chi connectivity index (χ0n) is 12.5. The van der Waals surface area contributed by atoms with Crippen LogP contribution < -0.4 is 0 Å². The number of hydrogen-bond acceptors (Lipinski definition) is 3. The molecule has 0 aliphatic carbocycles. The lowest BCUT2D eigenvalue weighted by Gasteiger charge is -2.39. The van der Waals surface area contributed by atoms with Crippen molar-refractivity contribution in [2.24, 2.45) is 22.7 Å². The molecule has 0 saturated carbocycles. The molecule has 0 bridgehead atoms. The van der Waals surface area contributed by atoms with Gasteiger partial charge in [0.1, 0.15) is 0 Å². The predicted octanol–water partition coefficient (Wildman–Crippen LogP) is 2.96. The number of aliphatic carboxylic acids is 1. The van der Waals surface area contributed by atoms with Crippen LogP contribution in [0.1, 0.15) is 48.5 Å². The Morgan fingerprint density at radius 3 is 1.61 bits per heavy atom. The van der Waals surface area contributed by atoms with Crippen molar-refractivity contribution in [2.45, 2.75) is 48.5 Å². The zero-order valence-corrected chi connectivity index (χ0v) is 12.5. The number of ether oxygens (including phenoxy) is 1. The highest BCUT2D eigenvalue weighted by atomic mass is 16.5. The largest absolute Gasteiger partial charge is 0.481 e. The lowest BCUT2D eigenvalue weighted by atomic mass is 9.64. The molecule has 0 aromatic carbocycles. The Hall–Kier alpha value is -1.06. The fourth-order valence-electron chi connectivity index (χ4n) is 2.23. The standard InChI is InChI=1S/C14H26O4/c1-8-18-12(17)10(14(5,6)7)9(11(15)16)13(2,3)4/h9-10H,8H2,1-7H3,(H,15,16). The van der Waals surface area contributed by atoms with Crippen LogP contribution in [-0.2, 0) is 14.3 Å². The molecule has 0 radical (unpaired) electrons. The van der Waals surface area contributed by atoms with Crippen molar-refractivity contribution in [3.63, 3.8) is 0 Å². The summed E-state index contributed by atoms with van der Waals surface area (Å²) in [5.41, 5.74) is -0.959. The third kappa shape index (κ3) is 4.31. The van der Waals surface area contributed by atoms with Crippen LogP contribution in [0.15, 0.2) is 0 Å². The van der Waals surface area contributed by atoms with E-state index in [2.05, 4.69) is 0 Å². The molecule has 106 valence electrons. The van der Waals surface area contributed by atoms with E-state index in [9.17, 15) is 14.7 Å². The molecule has 0 aliphatic heterocycles. The monoisotopic (exact) mass is 258 g/mol. The van der Waals surface area contributed by atoms with Gasteiger partial charge in [0, 0.05) is 0 Å². The van der Waals surface area contributed by atoms with Crippen molar-refractivity contribution < 1.29 is 19.4 Å². The summed E-state index contributed by atoms with van der Waals surface area (Å²) in [7, 11) is 0. The number of esters is 1. The first-order valence-electron chi connectivity index (χ1n) is 6.32. The highest BCUT2D eigenvalue weighted by molar-refractivity contribution is 5.82. The summed E-state index contributed by atoms with van der Waals surface area (Å²) in [6, 6.07) is 0. The second-order valence-corrected chi connectivity index (χ2v) is 6.78. The van der Waals surface area contributed by atoms with E-state index in [4.69, 9.17) is 4.74 Å². The van der Waals surface area contributed by atoms with Crippen LogP contribution in [0.3, 0.4) is 0 Å². The van der Waals surface area contributed by atoms with E-state index in [1.807, 2.05) is 41.5 Å². The van der Waals surface area contributed by atoms with Crippen LogP contribution in [0.5, 0.6) is 0 Å². The molecule has 2 unspecified atom stereocenters. The van der Waals surface area contributed by atoms with Gasteiger partial charge in [-0.25, -0.2) is 0 Å². The van der Waals surface area contributed by atoms with E-state index in [0.717, 1.165) is 0 Å². The Kier molecular flexibility index (Phi) is 5.38. The summed E-state index contributed by atoms with van der Waals surface area (Å²) in [5, 5.41) is 9.45. The first kappa shape index (κ1) is 16.9. The fraction of sp³-hybridized carbons (Fsp3) is 0.857. The summed E-state index contributed by atoms with van der Waals surface area (Å²) in [6.07, 6.45) is 0. The van der Waals surface area contributed by atoms with Crippen molar-refractivity contribution >= 4 is 11.9 Å². The summed E-state index contributed by atoms with van der Waals surface area (Å²) in [6.45, 7) is 13.1. The molecule has 2 atom stereocenters. The molecule has 0 heterocycles. The van der Waals surface area contributed by atoms with Gasteiger partial charge in [0.2, 0.25) is 0 Å². The fourth-order valence-corrected chi connectivity index (χ4v) is 2.23. The molecular formula is C14H26O4. The first-order chi connectivity index (χ1) is 7.92.